The third-order valence-electron chi connectivity index (χ3n) is 3.04. The molecule has 5 nitrogen and oxygen atoms in total. The molecule has 3 aromatic rings. The standard InChI is InChI=1S/C16H15N3O2S/c1-2-21-18-16(20)13-11-19(12-7-4-3-5-8-12)17-15(13)14-9-6-10-22-14/h3-11H,2H2,1H3,(H,18,20). The van der Waals surface area contributed by atoms with Gasteiger partial charge < -0.3 is 0 Å². The molecule has 112 valence electrons. The highest BCUT2D eigenvalue weighted by Crippen LogP contribution is 2.27. The fraction of sp³-hybridized carbons (Fsp3) is 0.125. The molecule has 6 heteroatoms. The van der Waals surface area contributed by atoms with Crippen LogP contribution in [0.15, 0.2) is 54.0 Å². The molecule has 3 rings (SSSR count). The number of nitrogens with one attached hydrogen (secondary N) is 1. The molecule has 0 fully saturated rings. The SMILES string of the molecule is CCONC(=O)c1cn(-c2ccccc2)nc1-c1cccs1. The van der Waals surface area contributed by atoms with Gasteiger partial charge in [-0.3, -0.25) is 9.63 Å². The number of hydrogen-bond acceptors (Lipinski definition) is 4. The van der Waals surface area contributed by atoms with Crippen molar-refractivity contribution in [3.63, 3.8) is 0 Å². The van der Waals surface area contributed by atoms with Gasteiger partial charge in [0.15, 0.2) is 0 Å². The van der Waals surface area contributed by atoms with E-state index >= 15 is 0 Å². The van der Waals surface area contributed by atoms with E-state index in [1.165, 1.54) is 0 Å². The molecule has 0 atom stereocenters. The monoisotopic (exact) mass is 313 g/mol. The Labute approximate surface area is 132 Å². The third-order valence-corrected chi connectivity index (χ3v) is 3.92. The number of aromatic nitrogens is 2. The number of rotatable bonds is 5. The number of carbonyl (C=O) groups excluding carboxylic acids is 1. The highest BCUT2D eigenvalue weighted by Gasteiger charge is 2.19. The van der Waals surface area contributed by atoms with Gasteiger partial charge in [0.25, 0.3) is 5.91 Å². The lowest BCUT2D eigenvalue weighted by Gasteiger charge is -2.02. The van der Waals surface area contributed by atoms with E-state index < -0.39 is 0 Å². The summed E-state index contributed by atoms with van der Waals surface area (Å²) in [6, 6.07) is 13.6. The Hall–Kier alpha value is -2.44. The van der Waals surface area contributed by atoms with Crippen molar-refractivity contribution in [3.8, 4) is 16.3 Å². The van der Waals surface area contributed by atoms with Crippen LogP contribution in [-0.4, -0.2) is 22.3 Å². The summed E-state index contributed by atoms with van der Waals surface area (Å²) in [5.74, 6) is -0.299. The van der Waals surface area contributed by atoms with E-state index in [0.29, 0.717) is 17.9 Å². The molecule has 0 saturated heterocycles. The maximum absolute atomic E-state index is 12.3. The fourth-order valence-electron chi connectivity index (χ4n) is 2.04. The minimum atomic E-state index is -0.299. The average Bonchev–Trinajstić information content (AvgIpc) is 3.22. The Kier molecular flexibility index (Phi) is 4.32. The quantitative estimate of drug-likeness (QED) is 0.735. The maximum Gasteiger partial charge on any atom is 0.278 e. The summed E-state index contributed by atoms with van der Waals surface area (Å²) in [5.41, 5.74) is 4.46. The van der Waals surface area contributed by atoms with Gasteiger partial charge >= 0.3 is 0 Å². The number of para-hydroxylation sites is 1. The first-order valence-corrected chi connectivity index (χ1v) is 7.78. The molecule has 0 bridgehead atoms. The van der Waals surface area contributed by atoms with E-state index in [1.807, 2.05) is 54.8 Å². The van der Waals surface area contributed by atoms with Crippen LogP contribution >= 0.6 is 11.3 Å². The van der Waals surface area contributed by atoms with Gasteiger partial charge in [-0.25, -0.2) is 10.2 Å². The van der Waals surface area contributed by atoms with Crippen molar-refractivity contribution >= 4 is 17.2 Å². The van der Waals surface area contributed by atoms with Crippen LogP contribution in [0.5, 0.6) is 0 Å². The molecule has 0 unspecified atom stereocenters. The van der Waals surface area contributed by atoms with E-state index in [1.54, 1.807) is 22.2 Å². The van der Waals surface area contributed by atoms with Crippen LogP contribution in [0, 0.1) is 0 Å². The molecule has 0 radical (unpaired) electrons. The second-order valence-electron chi connectivity index (χ2n) is 4.51. The first-order valence-electron chi connectivity index (χ1n) is 6.90. The summed E-state index contributed by atoms with van der Waals surface area (Å²) in [4.78, 5) is 18.2. The maximum atomic E-state index is 12.3. The second kappa shape index (κ2) is 6.55. The number of hydroxylamine groups is 1. The van der Waals surface area contributed by atoms with Crippen LogP contribution in [0.1, 0.15) is 17.3 Å². The number of benzene rings is 1. The first kappa shape index (κ1) is 14.5. The van der Waals surface area contributed by atoms with Crippen LogP contribution in [-0.2, 0) is 4.84 Å². The summed E-state index contributed by atoms with van der Waals surface area (Å²) in [6.45, 7) is 2.22. The molecule has 22 heavy (non-hydrogen) atoms. The minimum absolute atomic E-state index is 0.299. The van der Waals surface area contributed by atoms with Crippen LogP contribution in [0.3, 0.4) is 0 Å². The molecule has 0 saturated carbocycles. The second-order valence-corrected chi connectivity index (χ2v) is 5.46. The number of hydrogen-bond donors (Lipinski definition) is 1. The topological polar surface area (TPSA) is 56.1 Å². The molecule has 1 N–H and O–H groups in total. The summed E-state index contributed by atoms with van der Waals surface area (Å²) in [5, 5.41) is 6.52. The van der Waals surface area contributed by atoms with Crippen LogP contribution in [0.4, 0.5) is 0 Å². The summed E-state index contributed by atoms with van der Waals surface area (Å²) in [6.07, 6.45) is 1.72. The Morgan fingerprint density at radius 1 is 1.27 bits per heavy atom. The molecule has 0 aliphatic heterocycles. The molecule has 0 spiro atoms. The van der Waals surface area contributed by atoms with E-state index in [9.17, 15) is 4.79 Å². The van der Waals surface area contributed by atoms with E-state index in [0.717, 1.165) is 10.6 Å². The van der Waals surface area contributed by atoms with Crippen molar-refractivity contribution in [2.45, 2.75) is 6.92 Å². The molecule has 2 heterocycles. The fourth-order valence-corrected chi connectivity index (χ4v) is 2.76. The van der Waals surface area contributed by atoms with Gasteiger partial charge in [0.05, 0.1) is 22.7 Å². The van der Waals surface area contributed by atoms with Crippen molar-refractivity contribution < 1.29 is 9.63 Å². The lowest BCUT2D eigenvalue weighted by molar-refractivity contribution is 0.0365. The van der Waals surface area contributed by atoms with Gasteiger partial charge in [-0.1, -0.05) is 24.3 Å². The normalized spacial score (nSPS) is 10.6. The third kappa shape index (κ3) is 2.93. The number of carbonyl (C=O) groups is 1. The minimum Gasteiger partial charge on any atom is -0.274 e. The number of thiophene rings is 1. The van der Waals surface area contributed by atoms with Gasteiger partial charge in [-0.05, 0) is 30.5 Å². The highest BCUT2D eigenvalue weighted by atomic mass is 32.1. The molecule has 2 aromatic heterocycles. The molecular weight excluding hydrogens is 298 g/mol. The zero-order valence-corrected chi connectivity index (χ0v) is 12.8. The van der Waals surface area contributed by atoms with Crippen molar-refractivity contribution in [3.05, 3.63) is 59.6 Å². The number of nitrogens with zero attached hydrogens (tertiary/aromatic N) is 2. The molecular formula is C16H15N3O2S. The van der Waals surface area contributed by atoms with Gasteiger partial charge in [-0.15, -0.1) is 11.3 Å². The number of amides is 1. The summed E-state index contributed by atoms with van der Waals surface area (Å²) in [7, 11) is 0. The van der Waals surface area contributed by atoms with Gasteiger partial charge in [0, 0.05) is 6.20 Å². The molecule has 0 aliphatic carbocycles. The Morgan fingerprint density at radius 2 is 2.09 bits per heavy atom. The Bertz CT molecular complexity index is 751. The summed E-state index contributed by atoms with van der Waals surface area (Å²) >= 11 is 1.54. The van der Waals surface area contributed by atoms with Crippen LogP contribution in [0.25, 0.3) is 16.3 Å². The van der Waals surface area contributed by atoms with E-state index in [2.05, 4.69) is 10.6 Å². The predicted octanol–water partition coefficient (Wildman–Crippen LogP) is 3.28. The first-order chi connectivity index (χ1) is 10.8. The smallest absolute Gasteiger partial charge is 0.274 e. The van der Waals surface area contributed by atoms with Gasteiger partial charge in [-0.2, -0.15) is 5.10 Å². The predicted molar refractivity (Wildman–Crippen MR) is 86.0 cm³/mol. The van der Waals surface area contributed by atoms with Crippen molar-refractivity contribution in [2.24, 2.45) is 0 Å². The van der Waals surface area contributed by atoms with E-state index in [4.69, 9.17) is 4.84 Å². The zero-order chi connectivity index (χ0) is 15.4. The van der Waals surface area contributed by atoms with Gasteiger partial charge in [0.1, 0.15) is 5.69 Å². The Morgan fingerprint density at radius 3 is 2.77 bits per heavy atom. The largest absolute Gasteiger partial charge is 0.278 e. The molecule has 1 amide bonds. The summed E-state index contributed by atoms with van der Waals surface area (Å²) < 4.78 is 1.70. The van der Waals surface area contributed by atoms with Crippen molar-refractivity contribution in [1.82, 2.24) is 15.3 Å². The van der Waals surface area contributed by atoms with Crippen molar-refractivity contribution in [2.75, 3.05) is 6.61 Å². The molecule has 1 aromatic carbocycles. The van der Waals surface area contributed by atoms with Crippen LogP contribution < -0.4 is 5.48 Å². The van der Waals surface area contributed by atoms with E-state index in [-0.39, 0.29) is 5.91 Å². The average molecular weight is 313 g/mol. The zero-order valence-electron chi connectivity index (χ0n) is 12.0. The molecule has 0 aliphatic rings. The van der Waals surface area contributed by atoms with Crippen molar-refractivity contribution in [1.29, 1.82) is 0 Å². The highest BCUT2D eigenvalue weighted by molar-refractivity contribution is 7.13. The van der Waals surface area contributed by atoms with Crippen LogP contribution in [0.2, 0.25) is 0 Å². The lowest BCUT2D eigenvalue weighted by atomic mass is 10.2. The lowest BCUT2D eigenvalue weighted by Crippen LogP contribution is -2.23. The van der Waals surface area contributed by atoms with Gasteiger partial charge in [0.2, 0.25) is 0 Å². The Balaban J connectivity index is 2.03.